The van der Waals surface area contributed by atoms with E-state index in [0.717, 1.165) is 16.8 Å². The van der Waals surface area contributed by atoms with Gasteiger partial charge in [0.1, 0.15) is 0 Å². The van der Waals surface area contributed by atoms with Crippen molar-refractivity contribution in [2.75, 3.05) is 11.4 Å². The molecule has 0 radical (unpaired) electrons. The second kappa shape index (κ2) is 5.47. The Balaban J connectivity index is 1.84. The van der Waals surface area contributed by atoms with Crippen LogP contribution < -0.4 is 4.90 Å². The van der Waals surface area contributed by atoms with Crippen LogP contribution in [0.15, 0.2) is 54.6 Å². The van der Waals surface area contributed by atoms with Gasteiger partial charge < -0.3 is 10.0 Å². The molecule has 0 spiro atoms. The molecule has 1 heterocycles. The number of amides is 1. The number of nitrogens with zero attached hydrogens (tertiary/aromatic N) is 1. The molecule has 1 aliphatic rings. The number of carbonyl (C=O) groups excluding carboxylic acids is 1. The van der Waals surface area contributed by atoms with Gasteiger partial charge in [-0.3, -0.25) is 4.79 Å². The predicted molar refractivity (Wildman–Crippen MR) is 78.5 cm³/mol. The molecular formula is C17H17NO2. The predicted octanol–water partition coefficient (Wildman–Crippen LogP) is 2.70. The van der Waals surface area contributed by atoms with Crippen molar-refractivity contribution < 1.29 is 9.90 Å². The third-order valence-corrected chi connectivity index (χ3v) is 3.71. The van der Waals surface area contributed by atoms with E-state index >= 15 is 0 Å². The molecular weight excluding hydrogens is 250 g/mol. The normalized spacial score (nSPS) is 17.6. The first-order valence-electron chi connectivity index (χ1n) is 6.87. The van der Waals surface area contributed by atoms with Crippen LogP contribution in [-0.4, -0.2) is 17.6 Å². The highest BCUT2D eigenvalue weighted by molar-refractivity contribution is 5.96. The molecule has 0 aliphatic carbocycles. The lowest BCUT2D eigenvalue weighted by molar-refractivity contribution is -0.118. The number of rotatable bonds is 2. The Kier molecular flexibility index (Phi) is 3.52. The number of para-hydroxylation sites is 1. The summed E-state index contributed by atoms with van der Waals surface area (Å²) in [6, 6.07) is 17.3. The molecule has 0 fully saturated rings. The highest BCUT2D eigenvalue weighted by Gasteiger charge is 2.26. The molecule has 3 nitrogen and oxygen atoms in total. The Morgan fingerprint density at radius 2 is 1.80 bits per heavy atom. The van der Waals surface area contributed by atoms with E-state index in [0.29, 0.717) is 19.4 Å². The SMILES string of the molecule is O=C(Cc1ccccc1)N1CCC(O)c2ccccc21. The fourth-order valence-corrected chi connectivity index (χ4v) is 2.67. The smallest absolute Gasteiger partial charge is 0.231 e. The summed E-state index contributed by atoms with van der Waals surface area (Å²) in [5.74, 6) is 0.0792. The van der Waals surface area contributed by atoms with Gasteiger partial charge in [0.05, 0.1) is 12.5 Å². The Morgan fingerprint density at radius 3 is 2.60 bits per heavy atom. The summed E-state index contributed by atoms with van der Waals surface area (Å²) < 4.78 is 0. The van der Waals surface area contributed by atoms with Crippen LogP contribution in [0.1, 0.15) is 23.7 Å². The fraction of sp³-hybridized carbons (Fsp3) is 0.235. The minimum atomic E-state index is -0.466. The lowest BCUT2D eigenvalue weighted by Gasteiger charge is -2.32. The molecule has 1 aliphatic heterocycles. The molecule has 2 aromatic rings. The molecule has 3 rings (SSSR count). The minimum absolute atomic E-state index is 0.0792. The van der Waals surface area contributed by atoms with Crippen LogP contribution in [0.5, 0.6) is 0 Å². The van der Waals surface area contributed by atoms with Crippen molar-refractivity contribution >= 4 is 11.6 Å². The van der Waals surface area contributed by atoms with Crippen LogP contribution in [0.4, 0.5) is 5.69 Å². The van der Waals surface area contributed by atoms with Crippen molar-refractivity contribution in [3.8, 4) is 0 Å². The highest BCUT2D eigenvalue weighted by atomic mass is 16.3. The zero-order chi connectivity index (χ0) is 13.9. The molecule has 2 aromatic carbocycles. The van der Waals surface area contributed by atoms with Crippen molar-refractivity contribution in [3.63, 3.8) is 0 Å². The van der Waals surface area contributed by atoms with E-state index in [1.165, 1.54) is 0 Å². The minimum Gasteiger partial charge on any atom is -0.388 e. The maximum Gasteiger partial charge on any atom is 0.231 e. The van der Waals surface area contributed by atoms with Gasteiger partial charge in [-0.1, -0.05) is 48.5 Å². The molecule has 0 saturated carbocycles. The number of fused-ring (bicyclic) bond motifs is 1. The molecule has 0 saturated heterocycles. The maximum atomic E-state index is 12.5. The number of carbonyl (C=O) groups is 1. The van der Waals surface area contributed by atoms with Crippen molar-refractivity contribution in [2.45, 2.75) is 18.9 Å². The number of anilines is 1. The highest BCUT2D eigenvalue weighted by Crippen LogP contribution is 2.33. The van der Waals surface area contributed by atoms with Crippen LogP contribution >= 0.6 is 0 Å². The van der Waals surface area contributed by atoms with E-state index in [1.807, 2.05) is 54.6 Å². The maximum absolute atomic E-state index is 12.5. The average molecular weight is 267 g/mol. The molecule has 102 valence electrons. The fourth-order valence-electron chi connectivity index (χ4n) is 2.67. The van der Waals surface area contributed by atoms with E-state index < -0.39 is 6.10 Å². The standard InChI is InChI=1S/C17H17NO2/c19-16-10-11-18(15-9-5-4-8-14(15)16)17(20)12-13-6-2-1-3-7-13/h1-9,16,19H,10-12H2. The van der Waals surface area contributed by atoms with Crippen LogP contribution in [-0.2, 0) is 11.2 Å². The second-order valence-corrected chi connectivity index (χ2v) is 5.07. The number of benzene rings is 2. The Labute approximate surface area is 118 Å². The third kappa shape index (κ3) is 2.45. The lowest BCUT2D eigenvalue weighted by atomic mass is 9.98. The van der Waals surface area contributed by atoms with Gasteiger partial charge in [-0.05, 0) is 18.1 Å². The summed E-state index contributed by atoms with van der Waals surface area (Å²) in [6.07, 6.45) is 0.523. The number of hydrogen-bond acceptors (Lipinski definition) is 2. The van der Waals surface area contributed by atoms with Gasteiger partial charge in [0, 0.05) is 17.8 Å². The van der Waals surface area contributed by atoms with Crippen molar-refractivity contribution in [2.24, 2.45) is 0 Å². The van der Waals surface area contributed by atoms with Crippen molar-refractivity contribution in [1.82, 2.24) is 0 Å². The third-order valence-electron chi connectivity index (χ3n) is 3.71. The monoisotopic (exact) mass is 267 g/mol. The van der Waals surface area contributed by atoms with E-state index in [1.54, 1.807) is 4.90 Å². The van der Waals surface area contributed by atoms with Crippen LogP contribution in [0.25, 0.3) is 0 Å². The molecule has 0 aromatic heterocycles. The Bertz CT molecular complexity index is 609. The van der Waals surface area contributed by atoms with E-state index in [9.17, 15) is 9.90 Å². The van der Waals surface area contributed by atoms with Gasteiger partial charge in [-0.25, -0.2) is 0 Å². The van der Waals surface area contributed by atoms with Gasteiger partial charge >= 0.3 is 0 Å². The molecule has 3 heteroatoms. The topological polar surface area (TPSA) is 40.5 Å². The van der Waals surface area contributed by atoms with Gasteiger partial charge in [0.15, 0.2) is 0 Å². The summed E-state index contributed by atoms with van der Waals surface area (Å²) in [7, 11) is 0. The Hall–Kier alpha value is -2.13. The lowest BCUT2D eigenvalue weighted by Crippen LogP contribution is -2.37. The molecule has 1 N–H and O–H groups in total. The zero-order valence-corrected chi connectivity index (χ0v) is 11.2. The van der Waals surface area contributed by atoms with Gasteiger partial charge in [-0.2, -0.15) is 0 Å². The summed E-state index contributed by atoms with van der Waals surface area (Å²) in [5, 5.41) is 10.0. The van der Waals surface area contributed by atoms with E-state index in [-0.39, 0.29) is 5.91 Å². The first-order valence-corrected chi connectivity index (χ1v) is 6.87. The summed E-state index contributed by atoms with van der Waals surface area (Å²) in [6.45, 7) is 0.573. The van der Waals surface area contributed by atoms with Crippen LogP contribution in [0.3, 0.4) is 0 Å². The van der Waals surface area contributed by atoms with Crippen molar-refractivity contribution in [3.05, 3.63) is 65.7 Å². The summed E-state index contributed by atoms with van der Waals surface area (Å²) in [5.41, 5.74) is 2.70. The molecule has 1 atom stereocenters. The zero-order valence-electron chi connectivity index (χ0n) is 11.2. The molecule has 1 unspecified atom stereocenters. The van der Waals surface area contributed by atoms with Crippen LogP contribution in [0, 0.1) is 0 Å². The number of aliphatic hydroxyl groups is 1. The van der Waals surface area contributed by atoms with Crippen molar-refractivity contribution in [1.29, 1.82) is 0 Å². The largest absolute Gasteiger partial charge is 0.388 e. The molecule has 20 heavy (non-hydrogen) atoms. The molecule has 1 amide bonds. The Morgan fingerprint density at radius 1 is 1.10 bits per heavy atom. The van der Waals surface area contributed by atoms with E-state index in [4.69, 9.17) is 0 Å². The average Bonchev–Trinajstić information content (AvgIpc) is 2.49. The number of aliphatic hydroxyl groups excluding tert-OH is 1. The first kappa shape index (κ1) is 12.9. The summed E-state index contributed by atoms with van der Waals surface area (Å²) in [4.78, 5) is 14.3. The van der Waals surface area contributed by atoms with E-state index in [2.05, 4.69) is 0 Å². The van der Waals surface area contributed by atoms with Gasteiger partial charge in [0.25, 0.3) is 0 Å². The number of hydrogen-bond donors (Lipinski definition) is 1. The van der Waals surface area contributed by atoms with Gasteiger partial charge in [0.2, 0.25) is 5.91 Å². The van der Waals surface area contributed by atoms with Gasteiger partial charge in [-0.15, -0.1) is 0 Å². The summed E-state index contributed by atoms with van der Waals surface area (Å²) >= 11 is 0. The van der Waals surface area contributed by atoms with Crippen LogP contribution in [0.2, 0.25) is 0 Å². The quantitative estimate of drug-likeness (QED) is 0.908. The molecule has 0 bridgehead atoms. The first-order chi connectivity index (χ1) is 9.75. The second-order valence-electron chi connectivity index (χ2n) is 5.07.